The van der Waals surface area contributed by atoms with Crippen molar-refractivity contribution in [3.63, 3.8) is 0 Å². The molecule has 21 heavy (non-hydrogen) atoms. The minimum Gasteiger partial charge on any atom is -0.497 e. The molecule has 0 unspecified atom stereocenters. The van der Waals surface area contributed by atoms with Gasteiger partial charge in [-0.2, -0.15) is 0 Å². The predicted octanol–water partition coefficient (Wildman–Crippen LogP) is 3.35. The summed E-state index contributed by atoms with van der Waals surface area (Å²) in [5, 5.41) is 7.89. The molecule has 110 valence electrons. The lowest BCUT2D eigenvalue weighted by Gasteiger charge is -2.11. The fraction of sp³-hybridized carbons (Fsp3) is 0.133. The molecule has 3 N–H and O–H groups in total. The fourth-order valence-electron chi connectivity index (χ4n) is 1.74. The van der Waals surface area contributed by atoms with Crippen molar-refractivity contribution in [3.8, 4) is 11.5 Å². The predicted molar refractivity (Wildman–Crippen MR) is 79.8 cm³/mol. The van der Waals surface area contributed by atoms with Crippen molar-refractivity contribution in [2.75, 3.05) is 7.11 Å². The number of halogens is 2. The molecule has 0 saturated heterocycles. The van der Waals surface area contributed by atoms with Gasteiger partial charge >= 0.3 is 0 Å². The van der Waals surface area contributed by atoms with E-state index in [-0.39, 0.29) is 12.4 Å². The molecule has 0 radical (unpaired) electrons. The number of ether oxygens (including phenoxy) is 2. The van der Waals surface area contributed by atoms with Crippen molar-refractivity contribution in [1.82, 2.24) is 0 Å². The number of hydrogen-bond acceptors (Lipinski definition) is 3. The first-order chi connectivity index (χ1) is 9.99. The van der Waals surface area contributed by atoms with Crippen molar-refractivity contribution in [2.24, 2.45) is 5.73 Å². The van der Waals surface area contributed by atoms with E-state index in [0.717, 1.165) is 0 Å². The number of rotatable bonds is 5. The Kier molecular flexibility index (Phi) is 4.65. The van der Waals surface area contributed by atoms with Gasteiger partial charge in [-0.1, -0.05) is 11.6 Å². The molecule has 2 rings (SSSR count). The van der Waals surface area contributed by atoms with Crippen LogP contribution in [0.5, 0.6) is 11.5 Å². The Hall–Kier alpha value is -2.27. The molecule has 6 heteroatoms. The molecule has 0 atom stereocenters. The summed E-state index contributed by atoms with van der Waals surface area (Å²) in [5.74, 6) is 0.435. The van der Waals surface area contributed by atoms with E-state index in [9.17, 15) is 4.39 Å². The first-order valence-electron chi connectivity index (χ1n) is 6.10. The Morgan fingerprint density at radius 1 is 1.24 bits per heavy atom. The van der Waals surface area contributed by atoms with Crippen LogP contribution in [0.1, 0.15) is 11.1 Å². The van der Waals surface area contributed by atoms with E-state index in [1.54, 1.807) is 18.2 Å². The Morgan fingerprint density at radius 3 is 2.62 bits per heavy atom. The minimum absolute atomic E-state index is 0.0108. The molecular weight excluding hydrogens is 295 g/mol. The number of amidine groups is 1. The van der Waals surface area contributed by atoms with E-state index in [4.69, 9.17) is 32.2 Å². The largest absolute Gasteiger partial charge is 0.497 e. The lowest BCUT2D eigenvalue weighted by Crippen LogP contribution is -2.11. The van der Waals surface area contributed by atoms with Crippen LogP contribution in [0.15, 0.2) is 36.4 Å². The fourth-order valence-corrected chi connectivity index (χ4v) is 1.94. The van der Waals surface area contributed by atoms with Crippen LogP contribution in [-0.4, -0.2) is 12.9 Å². The monoisotopic (exact) mass is 308 g/mol. The normalized spacial score (nSPS) is 10.2. The molecule has 0 bridgehead atoms. The molecule has 0 aromatic heterocycles. The first kappa shape index (κ1) is 15.1. The van der Waals surface area contributed by atoms with Crippen molar-refractivity contribution in [2.45, 2.75) is 6.61 Å². The summed E-state index contributed by atoms with van der Waals surface area (Å²) in [6, 6.07) is 9.10. The van der Waals surface area contributed by atoms with Crippen molar-refractivity contribution >= 4 is 17.4 Å². The van der Waals surface area contributed by atoms with E-state index in [1.165, 1.54) is 25.3 Å². The van der Waals surface area contributed by atoms with Crippen LogP contribution in [0.25, 0.3) is 0 Å². The highest BCUT2D eigenvalue weighted by molar-refractivity contribution is 6.30. The van der Waals surface area contributed by atoms with Crippen molar-refractivity contribution in [1.29, 1.82) is 5.41 Å². The van der Waals surface area contributed by atoms with E-state index < -0.39 is 5.82 Å². The minimum atomic E-state index is -0.394. The highest BCUT2D eigenvalue weighted by atomic mass is 35.5. The van der Waals surface area contributed by atoms with Gasteiger partial charge in [0.2, 0.25) is 0 Å². The van der Waals surface area contributed by atoms with Gasteiger partial charge in [0.25, 0.3) is 0 Å². The smallest absolute Gasteiger partial charge is 0.129 e. The number of hydrogen-bond donors (Lipinski definition) is 2. The van der Waals surface area contributed by atoms with Crippen LogP contribution in [0, 0.1) is 11.2 Å². The van der Waals surface area contributed by atoms with Crippen LogP contribution in [0.3, 0.4) is 0 Å². The molecule has 0 saturated carbocycles. The number of benzene rings is 2. The third kappa shape index (κ3) is 3.86. The average molecular weight is 309 g/mol. The van der Waals surface area contributed by atoms with Crippen molar-refractivity contribution in [3.05, 3.63) is 58.4 Å². The van der Waals surface area contributed by atoms with Crippen LogP contribution < -0.4 is 15.2 Å². The molecule has 0 amide bonds. The zero-order valence-electron chi connectivity index (χ0n) is 11.3. The maximum atomic E-state index is 13.6. The van der Waals surface area contributed by atoms with Crippen LogP contribution in [0.4, 0.5) is 4.39 Å². The van der Waals surface area contributed by atoms with E-state index >= 15 is 0 Å². The zero-order valence-corrected chi connectivity index (χ0v) is 12.1. The Morgan fingerprint density at radius 2 is 1.95 bits per heavy atom. The highest BCUT2D eigenvalue weighted by Gasteiger charge is 2.07. The van der Waals surface area contributed by atoms with Gasteiger partial charge in [-0.15, -0.1) is 0 Å². The van der Waals surface area contributed by atoms with Gasteiger partial charge in [-0.3, -0.25) is 5.41 Å². The second kappa shape index (κ2) is 6.45. The van der Waals surface area contributed by atoms with Gasteiger partial charge in [-0.25, -0.2) is 4.39 Å². The second-order valence-corrected chi connectivity index (χ2v) is 4.77. The number of nitrogens with two attached hydrogens (primary N) is 1. The van der Waals surface area contributed by atoms with Crippen molar-refractivity contribution < 1.29 is 13.9 Å². The van der Waals surface area contributed by atoms with Gasteiger partial charge < -0.3 is 15.2 Å². The topological polar surface area (TPSA) is 68.3 Å². The molecule has 0 aliphatic carbocycles. The van der Waals surface area contributed by atoms with E-state index in [2.05, 4.69) is 0 Å². The molecule has 0 fully saturated rings. The quantitative estimate of drug-likeness (QED) is 0.657. The van der Waals surface area contributed by atoms with Gasteiger partial charge in [0.05, 0.1) is 7.11 Å². The number of nitrogens with one attached hydrogen (secondary N) is 1. The van der Waals surface area contributed by atoms with Gasteiger partial charge in [0.15, 0.2) is 0 Å². The molecular formula is C15H14ClFN2O2. The molecule has 0 heterocycles. The maximum absolute atomic E-state index is 13.6. The summed E-state index contributed by atoms with van der Waals surface area (Å²) >= 11 is 5.83. The Labute approximate surface area is 126 Å². The number of methoxy groups -OCH3 is 1. The summed E-state index contributed by atoms with van der Waals surface area (Å²) < 4.78 is 24.3. The van der Waals surface area contributed by atoms with Gasteiger partial charge in [0, 0.05) is 22.2 Å². The van der Waals surface area contributed by atoms with Crippen LogP contribution in [-0.2, 0) is 6.61 Å². The zero-order chi connectivity index (χ0) is 15.4. The lowest BCUT2D eigenvalue weighted by atomic mass is 10.2. The number of nitrogen functional groups attached to an aromatic ring is 1. The summed E-state index contributed by atoms with van der Waals surface area (Å²) in [5.41, 5.74) is 6.26. The van der Waals surface area contributed by atoms with E-state index in [1.807, 2.05) is 0 Å². The molecule has 0 aliphatic rings. The molecule has 0 aliphatic heterocycles. The molecule has 2 aromatic rings. The summed E-state index contributed by atoms with van der Waals surface area (Å²) in [7, 11) is 1.50. The van der Waals surface area contributed by atoms with Crippen LogP contribution >= 0.6 is 11.6 Å². The summed E-state index contributed by atoms with van der Waals surface area (Å²) in [6.45, 7) is 0.0108. The molecule has 4 nitrogen and oxygen atoms in total. The SMILES string of the molecule is COc1cc(OCc2cc(Cl)ccc2F)cc(C(=N)N)c1. The van der Waals surface area contributed by atoms with E-state index in [0.29, 0.717) is 27.6 Å². The lowest BCUT2D eigenvalue weighted by molar-refractivity contribution is 0.297. The maximum Gasteiger partial charge on any atom is 0.129 e. The third-order valence-electron chi connectivity index (χ3n) is 2.83. The third-order valence-corrected chi connectivity index (χ3v) is 3.06. The second-order valence-electron chi connectivity index (χ2n) is 4.34. The molecule has 0 spiro atoms. The molecule has 2 aromatic carbocycles. The van der Waals surface area contributed by atoms with Crippen LogP contribution in [0.2, 0.25) is 5.02 Å². The Bertz CT molecular complexity index is 677. The summed E-state index contributed by atoms with van der Waals surface area (Å²) in [4.78, 5) is 0. The standard InChI is InChI=1S/C15H14ClFN2O2/c1-20-12-5-9(15(18)19)6-13(7-12)21-8-10-4-11(16)2-3-14(10)17/h2-7H,8H2,1H3,(H3,18,19). The first-order valence-corrected chi connectivity index (χ1v) is 6.47. The average Bonchev–Trinajstić information content (AvgIpc) is 2.47. The van der Waals surface area contributed by atoms with Gasteiger partial charge in [0.1, 0.15) is 29.8 Å². The summed E-state index contributed by atoms with van der Waals surface area (Å²) in [6.07, 6.45) is 0. The van der Waals surface area contributed by atoms with Gasteiger partial charge in [-0.05, 0) is 30.3 Å². The Balaban J connectivity index is 2.21. The highest BCUT2D eigenvalue weighted by Crippen LogP contribution is 2.24.